The van der Waals surface area contributed by atoms with Gasteiger partial charge < -0.3 is 14.6 Å². The molecule has 1 N–H and O–H groups in total. The quantitative estimate of drug-likeness (QED) is 0.712. The van der Waals surface area contributed by atoms with E-state index in [4.69, 9.17) is 9.47 Å². The van der Waals surface area contributed by atoms with Gasteiger partial charge in [0.05, 0.1) is 6.10 Å². The summed E-state index contributed by atoms with van der Waals surface area (Å²) in [5, 5.41) is 9.44. The molecule has 70 valence electrons. The smallest absolute Gasteiger partial charge is 0.167 e. The number of benzene rings is 1. The molecule has 0 aliphatic carbocycles. The monoisotopic (exact) mass is 180 g/mol. The standard InChI is InChI=1S/C10H12O3/c1-7(11)8-3-2-4-9-10(8)13-6-5-12-9/h2-4,7,11H,5-6H2,1H3/t7-/m1/s1. The first kappa shape index (κ1) is 8.38. The zero-order valence-corrected chi connectivity index (χ0v) is 7.49. The second-order valence-electron chi connectivity index (χ2n) is 3.05. The first-order valence-electron chi connectivity index (χ1n) is 4.35. The minimum atomic E-state index is -0.517. The predicted octanol–water partition coefficient (Wildman–Crippen LogP) is 1.51. The van der Waals surface area contributed by atoms with Gasteiger partial charge in [0.2, 0.25) is 0 Å². The van der Waals surface area contributed by atoms with Crippen LogP contribution in [0.1, 0.15) is 18.6 Å². The molecule has 0 saturated carbocycles. The second-order valence-corrected chi connectivity index (χ2v) is 3.05. The molecule has 3 heteroatoms. The van der Waals surface area contributed by atoms with Crippen LogP contribution >= 0.6 is 0 Å². The molecule has 1 aromatic rings. The number of para-hydroxylation sites is 1. The minimum absolute atomic E-state index is 0.517. The van der Waals surface area contributed by atoms with Crippen molar-refractivity contribution in [2.45, 2.75) is 13.0 Å². The van der Waals surface area contributed by atoms with Gasteiger partial charge in [-0.15, -0.1) is 0 Å². The molecule has 1 heterocycles. The molecule has 0 saturated heterocycles. The molecule has 0 spiro atoms. The van der Waals surface area contributed by atoms with Crippen LogP contribution in [0.3, 0.4) is 0 Å². The Morgan fingerprint density at radius 1 is 1.31 bits per heavy atom. The summed E-state index contributed by atoms with van der Waals surface area (Å²) in [6.45, 7) is 2.85. The third-order valence-electron chi connectivity index (χ3n) is 2.05. The normalized spacial score (nSPS) is 16.8. The van der Waals surface area contributed by atoms with E-state index in [1.54, 1.807) is 6.92 Å². The van der Waals surface area contributed by atoms with Crippen molar-refractivity contribution in [2.75, 3.05) is 13.2 Å². The Hall–Kier alpha value is -1.22. The van der Waals surface area contributed by atoms with Crippen LogP contribution in [-0.4, -0.2) is 18.3 Å². The van der Waals surface area contributed by atoms with Crippen LogP contribution < -0.4 is 9.47 Å². The van der Waals surface area contributed by atoms with Crippen molar-refractivity contribution in [1.29, 1.82) is 0 Å². The number of rotatable bonds is 1. The zero-order valence-electron chi connectivity index (χ0n) is 7.49. The van der Waals surface area contributed by atoms with Crippen LogP contribution in [0.25, 0.3) is 0 Å². The van der Waals surface area contributed by atoms with E-state index in [1.165, 1.54) is 0 Å². The summed E-state index contributed by atoms with van der Waals surface area (Å²) < 4.78 is 10.8. The van der Waals surface area contributed by atoms with Crippen LogP contribution in [0.4, 0.5) is 0 Å². The van der Waals surface area contributed by atoms with Crippen molar-refractivity contribution in [3.05, 3.63) is 23.8 Å². The molecule has 1 atom stereocenters. The predicted molar refractivity (Wildman–Crippen MR) is 48.1 cm³/mol. The van der Waals surface area contributed by atoms with E-state index in [9.17, 15) is 5.11 Å². The van der Waals surface area contributed by atoms with Crippen molar-refractivity contribution >= 4 is 0 Å². The van der Waals surface area contributed by atoms with Crippen LogP contribution in [0.2, 0.25) is 0 Å². The zero-order chi connectivity index (χ0) is 9.26. The Balaban J connectivity index is 2.46. The average Bonchev–Trinajstić information content (AvgIpc) is 2.17. The van der Waals surface area contributed by atoms with E-state index in [1.807, 2.05) is 18.2 Å². The molecule has 0 bridgehead atoms. The second kappa shape index (κ2) is 3.26. The van der Waals surface area contributed by atoms with Crippen molar-refractivity contribution < 1.29 is 14.6 Å². The van der Waals surface area contributed by atoms with Gasteiger partial charge >= 0.3 is 0 Å². The summed E-state index contributed by atoms with van der Waals surface area (Å²) >= 11 is 0. The fourth-order valence-corrected chi connectivity index (χ4v) is 1.43. The summed E-state index contributed by atoms with van der Waals surface area (Å²) in [7, 11) is 0. The van der Waals surface area contributed by atoms with E-state index in [0.29, 0.717) is 19.0 Å². The number of aliphatic hydroxyl groups excluding tert-OH is 1. The number of fused-ring (bicyclic) bond motifs is 1. The van der Waals surface area contributed by atoms with E-state index in [0.717, 1.165) is 11.3 Å². The highest BCUT2D eigenvalue weighted by Crippen LogP contribution is 2.36. The molecule has 1 aliphatic rings. The molecule has 0 amide bonds. The summed E-state index contributed by atoms with van der Waals surface area (Å²) in [6.07, 6.45) is -0.517. The Labute approximate surface area is 76.9 Å². The number of hydrogen-bond acceptors (Lipinski definition) is 3. The lowest BCUT2D eigenvalue weighted by atomic mass is 10.1. The van der Waals surface area contributed by atoms with Crippen molar-refractivity contribution in [3.63, 3.8) is 0 Å². The maximum atomic E-state index is 9.44. The molecule has 1 aromatic carbocycles. The molecular weight excluding hydrogens is 168 g/mol. The third kappa shape index (κ3) is 1.47. The van der Waals surface area contributed by atoms with Crippen LogP contribution in [0.5, 0.6) is 11.5 Å². The average molecular weight is 180 g/mol. The number of aliphatic hydroxyl groups is 1. The SMILES string of the molecule is C[C@@H](O)c1cccc2c1OCCO2. The molecule has 3 nitrogen and oxygen atoms in total. The first-order chi connectivity index (χ1) is 6.29. The number of hydrogen-bond donors (Lipinski definition) is 1. The maximum Gasteiger partial charge on any atom is 0.167 e. The Kier molecular flexibility index (Phi) is 2.10. The van der Waals surface area contributed by atoms with E-state index in [-0.39, 0.29) is 0 Å². The summed E-state index contributed by atoms with van der Waals surface area (Å²) in [5.41, 5.74) is 0.789. The van der Waals surface area contributed by atoms with Gasteiger partial charge in [-0.2, -0.15) is 0 Å². The van der Waals surface area contributed by atoms with Gasteiger partial charge in [0.15, 0.2) is 11.5 Å². The molecule has 1 aliphatic heterocycles. The van der Waals surface area contributed by atoms with Gasteiger partial charge in [0, 0.05) is 5.56 Å². The highest BCUT2D eigenvalue weighted by Gasteiger charge is 2.17. The van der Waals surface area contributed by atoms with Crippen molar-refractivity contribution in [2.24, 2.45) is 0 Å². The van der Waals surface area contributed by atoms with Gasteiger partial charge in [0.25, 0.3) is 0 Å². The largest absolute Gasteiger partial charge is 0.486 e. The molecule has 0 unspecified atom stereocenters. The van der Waals surface area contributed by atoms with Gasteiger partial charge in [-0.25, -0.2) is 0 Å². The highest BCUT2D eigenvalue weighted by atomic mass is 16.6. The van der Waals surface area contributed by atoms with E-state index >= 15 is 0 Å². The van der Waals surface area contributed by atoms with Gasteiger partial charge in [0.1, 0.15) is 13.2 Å². The van der Waals surface area contributed by atoms with E-state index < -0.39 is 6.10 Å². The molecule has 13 heavy (non-hydrogen) atoms. The fraction of sp³-hybridized carbons (Fsp3) is 0.400. The van der Waals surface area contributed by atoms with Crippen LogP contribution in [-0.2, 0) is 0 Å². The van der Waals surface area contributed by atoms with E-state index in [2.05, 4.69) is 0 Å². The van der Waals surface area contributed by atoms with Gasteiger partial charge in [-0.3, -0.25) is 0 Å². The van der Waals surface area contributed by atoms with Crippen molar-refractivity contribution in [1.82, 2.24) is 0 Å². The minimum Gasteiger partial charge on any atom is -0.486 e. The lowest BCUT2D eigenvalue weighted by molar-refractivity contribution is 0.153. The molecule has 0 radical (unpaired) electrons. The van der Waals surface area contributed by atoms with Gasteiger partial charge in [-0.05, 0) is 13.0 Å². The summed E-state index contributed by atoms with van der Waals surface area (Å²) in [4.78, 5) is 0. The summed E-state index contributed by atoms with van der Waals surface area (Å²) in [5.74, 6) is 1.41. The first-order valence-corrected chi connectivity index (χ1v) is 4.35. The third-order valence-corrected chi connectivity index (χ3v) is 2.05. The molecule has 0 aromatic heterocycles. The topological polar surface area (TPSA) is 38.7 Å². The Morgan fingerprint density at radius 3 is 2.85 bits per heavy atom. The highest BCUT2D eigenvalue weighted by molar-refractivity contribution is 5.48. The van der Waals surface area contributed by atoms with Gasteiger partial charge in [-0.1, -0.05) is 12.1 Å². The van der Waals surface area contributed by atoms with Crippen LogP contribution in [0, 0.1) is 0 Å². The Bertz CT molecular complexity index is 307. The lowest BCUT2D eigenvalue weighted by Crippen LogP contribution is -2.16. The summed E-state index contributed by atoms with van der Waals surface area (Å²) in [6, 6.07) is 5.55. The fourth-order valence-electron chi connectivity index (χ4n) is 1.43. The van der Waals surface area contributed by atoms with Crippen molar-refractivity contribution in [3.8, 4) is 11.5 Å². The van der Waals surface area contributed by atoms with Crippen LogP contribution in [0.15, 0.2) is 18.2 Å². The number of ether oxygens (including phenoxy) is 2. The molecule has 2 rings (SSSR count). The maximum absolute atomic E-state index is 9.44. The lowest BCUT2D eigenvalue weighted by Gasteiger charge is -2.21. The molecular formula is C10H12O3. The molecule has 0 fully saturated rings. The Morgan fingerprint density at radius 2 is 2.08 bits per heavy atom.